The summed E-state index contributed by atoms with van der Waals surface area (Å²) in [4.78, 5) is 11.3. The molecule has 1 aromatic rings. The van der Waals surface area contributed by atoms with Crippen LogP contribution in [0.5, 0.6) is 0 Å². The molecule has 20 heavy (non-hydrogen) atoms. The summed E-state index contributed by atoms with van der Waals surface area (Å²) >= 11 is 0. The van der Waals surface area contributed by atoms with Gasteiger partial charge in [-0.15, -0.1) is 0 Å². The van der Waals surface area contributed by atoms with Crippen molar-refractivity contribution < 1.29 is 13.6 Å². The Hall–Kier alpha value is -2.32. The summed E-state index contributed by atoms with van der Waals surface area (Å²) in [6.07, 6.45) is 2.30. The molecule has 3 nitrogen and oxygen atoms in total. The Balaban J connectivity index is 2.51. The second kappa shape index (κ2) is 4.99. The number of carbonyl (C=O) groups is 1. The first-order chi connectivity index (χ1) is 9.36. The molecule has 0 amide bonds. The van der Waals surface area contributed by atoms with E-state index in [4.69, 9.17) is 11.0 Å². The van der Waals surface area contributed by atoms with E-state index in [2.05, 4.69) is 0 Å². The molecule has 0 aliphatic heterocycles. The number of halogens is 2. The van der Waals surface area contributed by atoms with Gasteiger partial charge in [0, 0.05) is 23.1 Å². The maximum atomic E-state index is 14.1. The van der Waals surface area contributed by atoms with Crippen LogP contribution >= 0.6 is 0 Å². The molecule has 0 heterocycles. The van der Waals surface area contributed by atoms with Crippen molar-refractivity contribution in [1.82, 2.24) is 0 Å². The van der Waals surface area contributed by atoms with Crippen LogP contribution in [-0.4, -0.2) is 11.3 Å². The Labute approximate surface area is 115 Å². The molecular formula is C15H12F2N2O. The molecular weight excluding hydrogens is 262 g/mol. The van der Waals surface area contributed by atoms with E-state index in [1.54, 1.807) is 6.07 Å². The van der Waals surface area contributed by atoms with E-state index >= 15 is 0 Å². The lowest BCUT2D eigenvalue weighted by Gasteiger charge is -2.22. The number of Topliss-reactive ketones (excluding diaryl/α,β-unsaturated/α-hetero) is 1. The lowest BCUT2D eigenvalue weighted by Crippen LogP contribution is -2.37. The molecule has 2 rings (SSSR count). The van der Waals surface area contributed by atoms with Crippen molar-refractivity contribution in [2.24, 2.45) is 5.73 Å². The Morgan fingerprint density at radius 3 is 2.70 bits per heavy atom. The topological polar surface area (TPSA) is 66.9 Å². The molecule has 0 radical (unpaired) electrons. The number of ketones is 1. The van der Waals surface area contributed by atoms with Crippen LogP contribution in [0.25, 0.3) is 5.57 Å². The zero-order valence-corrected chi connectivity index (χ0v) is 10.8. The zero-order chi connectivity index (χ0) is 14.9. The Kier molecular flexibility index (Phi) is 3.51. The van der Waals surface area contributed by atoms with Crippen LogP contribution in [0, 0.1) is 17.1 Å². The van der Waals surface area contributed by atoms with Gasteiger partial charge in [-0.2, -0.15) is 5.26 Å². The summed E-state index contributed by atoms with van der Waals surface area (Å²) in [6, 6.07) is 5.56. The number of hydrogen-bond acceptors (Lipinski definition) is 3. The molecule has 0 spiro atoms. The standard InChI is InChI=1S/C15H12F2N2O/c1-9(20)10-2-3-13(16)12(6-10)11-4-5-15(19,8-18)7-14(11)17/h2-6H,7,19H2,1H3. The van der Waals surface area contributed by atoms with E-state index in [-0.39, 0.29) is 23.3 Å². The molecule has 0 aromatic heterocycles. The van der Waals surface area contributed by atoms with Gasteiger partial charge in [-0.05, 0) is 31.2 Å². The van der Waals surface area contributed by atoms with Gasteiger partial charge in [-0.25, -0.2) is 8.78 Å². The predicted molar refractivity (Wildman–Crippen MR) is 70.7 cm³/mol. The SMILES string of the molecule is CC(=O)c1ccc(F)c(C2=C(F)CC(N)(C#N)C=C2)c1. The van der Waals surface area contributed by atoms with Gasteiger partial charge in [-0.3, -0.25) is 4.79 Å². The Morgan fingerprint density at radius 1 is 1.45 bits per heavy atom. The average Bonchev–Trinajstić information content (AvgIpc) is 2.40. The van der Waals surface area contributed by atoms with Crippen molar-refractivity contribution in [2.45, 2.75) is 18.9 Å². The van der Waals surface area contributed by atoms with Crippen molar-refractivity contribution in [3.05, 3.63) is 53.1 Å². The molecule has 1 unspecified atom stereocenters. The number of nitrogens with two attached hydrogens (primary N) is 1. The molecule has 0 saturated carbocycles. The van der Waals surface area contributed by atoms with Crippen molar-refractivity contribution in [2.75, 3.05) is 0 Å². The van der Waals surface area contributed by atoms with E-state index in [1.165, 1.54) is 31.2 Å². The second-order valence-electron chi connectivity index (χ2n) is 4.73. The summed E-state index contributed by atoms with van der Waals surface area (Å²) in [5.74, 6) is -1.54. The van der Waals surface area contributed by atoms with Crippen LogP contribution in [-0.2, 0) is 0 Å². The minimum Gasteiger partial charge on any atom is -0.310 e. The summed E-state index contributed by atoms with van der Waals surface area (Å²) in [5, 5.41) is 8.86. The molecule has 0 saturated heterocycles. The number of nitriles is 1. The van der Waals surface area contributed by atoms with E-state index in [0.29, 0.717) is 5.56 Å². The smallest absolute Gasteiger partial charge is 0.159 e. The van der Waals surface area contributed by atoms with Crippen LogP contribution in [0.15, 0.2) is 36.2 Å². The number of hydrogen-bond donors (Lipinski definition) is 1. The van der Waals surface area contributed by atoms with Crippen LogP contribution in [0.1, 0.15) is 29.3 Å². The van der Waals surface area contributed by atoms with E-state index in [9.17, 15) is 13.6 Å². The van der Waals surface area contributed by atoms with Gasteiger partial charge in [0.2, 0.25) is 0 Å². The van der Waals surface area contributed by atoms with Crippen molar-refractivity contribution in [1.29, 1.82) is 5.26 Å². The van der Waals surface area contributed by atoms with Gasteiger partial charge in [0.05, 0.1) is 6.07 Å². The third-order valence-electron chi connectivity index (χ3n) is 3.16. The minimum atomic E-state index is -1.41. The first-order valence-electron chi connectivity index (χ1n) is 5.95. The van der Waals surface area contributed by atoms with Crippen LogP contribution in [0.2, 0.25) is 0 Å². The number of carbonyl (C=O) groups excluding carboxylic acids is 1. The number of rotatable bonds is 2. The highest BCUT2D eigenvalue weighted by atomic mass is 19.1. The Bertz CT molecular complexity index is 686. The van der Waals surface area contributed by atoms with Crippen LogP contribution in [0.3, 0.4) is 0 Å². The third-order valence-corrected chi connectivity index (χ3v) is 3.16. The average molecular weight is 274 g/mol. The normalized spacial score (nSPS) is 21.8. The quantitative estimate of drug-likeness (QED) is 0.843. The minimum absolute atomic E-state index is 0.00793. The molecule has 1 aliphatic carbocycles. The highest BCUT2D eigenvalue weighted by Crippen LogP contribution is 2.33. The molecule has 102 valence electrons. The first-order valence-corrected chi connectivity index (χ1v) is 5.95. The van der Waals surface area contributed by atoms with Gasteiger partial charge in [0.1, 0.15) is 17.2 Å². The van der Waals surface area contributed by atoms with Crippen LogP contribution in [0.4, 0.5) is 8.78 Å². The summed E-state index contributed by atoms with van der Waals surface area (Å²) < 4.78 is 27.9. The van der Waals surface area contributed by atoms with E-state index in [1.807, 2.05) is 0 Å². The van der Waals surface area contributed by atoms with Gasteiger partial charge in [0.25, 0.3) is 0 Å². The molecule has 1 atom stereocenters. The van der Waals surface area contributed by atoms with Gasteiger partial charge >= 0.3 is 0 Å². The zero-order valence-electron chi connectivity index (χ0n) is 10.8. The Morgan fingerprint density at radius 2 is 2.15 bits per heavy atom. The fourth-order valence-corrected chi connectivity index (χ4v) is 2.00. The summed E-state index contributed by atoms with van der Waals surface area (Å²) in [7, 11) is 0. The molecule has 1 aliphatic rings. The fraction of sp³-hybridized carbons (Fsp3) is 0.200. The number of benzene rings is 1. The maximum absolute atomic E-state index is 14.1. The second-order valence-corrected chi connectivity index (χ2v) is 4.73. The first kappa shape index (κ1) is 14.1. The monoisotopic (exact) mass is 274 g/mol. The highest BCUT2D eigenvalue weighted by Gasteiger charge is 2.29. The van der Waals surface area contributed by atoms with Gasteiger partial charge in [0.15, 0.2) is 5.78 Å². The van der Waals surface area contributed by atoms with Gasteiger partial charge < -0.3 is 5.73 Å². The van der Waals surface area contributed by atoms with Gasteiger partial charge in [-0.1, -0.05) is 6.08 Å². The molecule has 2 N–H and O–H groups in total. The van der Waals surface area contributed by atoms with Crippen molar-refractivity contribution in [3.63, 3.8) is 0 Å². The largest absolute Gasteiger partial charge is 0.310 e. The van der Waals surface area contributed by atoms with Crippen LogP contribution < -0.4 is 5.73 Å². The highest BCUT2D eigenvalue weighted by molar-refractivity contribution is 5.95. The fourth-order valence-electron chi connectivity index (χ4n) is 2.00. The number of nitrogens with zero attached hydrogens (tertiary/aromatic N) is 1. The molecule has 0 fully saturated rings. The maximum Gasteiger partial charge on any atom is 0.159 e. The molecule has 0 bridgehead atoms. The van der Waals surface area contributed by atoms with E-state index in [0.717, 1.165) is 6.07 Å². The summed E-state index contributed by atoms with van der Waals surface area (Å²) in [6.45, 7) is 1.35. The van der Waals surface area contributed by atoms with E-state index < -0.39 is 17.2 Å². The molecule has 1 aromatic carbocycles. The third kappa shape index (κ3) is 2.51. The lowest BCUT2D eigenvalue weighted by atomic mass is 9.87. The lowest BCUT2D eigenvalue weighted by molar-refractivity contribution is 0.101. The molecule has 5 heteroatoms. The van der Waals surface area contributed by atoms with Crippen molar-refractivity contribution >= 4 is 11.4 Å². The summed E-state index contributed by atoms with van der Waals surface area (Å²) in [5.41, 5.74) is 4.52. The van der Waals surface area contributed by atoms with Crippen molar-refractivity contribution in [3.8, 4) is 6.07 Å². The number of allylic oxidation sites excluding steroid dienone is 2. The predicted octanol–water partition coefficient (Wildman–Crippen LogP) is 2.89.